The van der Waals surface area contributed by atoms with E-state index in [2.05, 4.69) is 0 Å². The smallest absolute Gasteiger partial charge is 0.336 e. The number of ether oxygens (including phenoxy) is 2. The van der Waals surface area contributed by atoms with Crippen molar-refractivity contribution >= 4 is 16.9 Å². The van der Waals surface area contributed by atoms with Gasteiger partial charge in [0.2, 0.25) is 0 Å². The van der Waals surface area contributed by atoms with Crippen molar-refractivity contribution in [3.05, 3.63) is 89.5 Å². The summed E-state index contributed by atoms with van der Waals surface area (Å²) in [6, 6.07) is 22.6. The zero-order valence-corrected chi connectivity index (χ0v) is 17.5. The monoisotopic (exact) mass is 413 g/mol. The third kappa shape index (κ3) is 4.36. The largest absolute Gasteiger partial charge is 0.490 e. The average molecular weight is 413 g/mol. The van der Waals surface area contributed by atoms with Crippen molar-refractivity contribution < 1.29 is 19.4 Å². The molecule has 5 nitrogen and oxygen atoms in total. The normalized spacial score (nSPS) is 10.8. The number of fused-ring (bicyclic) bond motifs is 1. The first-order chi connectivity index (χ1) is 15.1. The summed E-state index contributed by atoms with van der Waals surface area (Å²) in [5.41, 5.74) is 4.24. The van der Waals surface area contributed by atoms with Crippen LogP contribution in [-0.2, 0) is 6.61 Å². The molecule has 0 aliphatic heterocycles. The molecule has 5 heteroatoms. The summed E-state index contributed by atoms with van der Waals surface area (Å²) in [6.45, 7) is 4.75. The minimum atomic E-state index is -0.980. The molecule has 1 N–H and O–H groups in total. The second-order valence-electron chi connectivity index (χ2n) is 7.20. The van der Waals surface area contributed by atoms with Crippen LogP contribution in [-0.4, -0.2) is 22.7 Å². The summed E-state index contributed by atoms with van der Waals surface area (Å²) in [4.78, 5) is 16.6. The Morgan fingerprint density at radius 1 is 0.935 bits per heavy atom. The molecular weight excluding hydrogens is 390 g/mol. The Hall–Kier alpha value is -3.86. The molecule has 0 radical (unpaired) electrons. The van der Waals surface area contributed by atoms with Gasteiger partial charge in [-0.15, -0.1) is 0 Å². The van der Waals surface area contributed by atoms with Gasteiger partial charge < -0.3 is 14.6 Å². The molecule has 0 saturated carbocycles. The predicted octanol–water partition coefficient (Wildman–Crippen LogP) is 5.89. The van der Waals surface area contributed by atoms with Crippen molar-refractivity contribution in [2.24, 2.45) is 0 Å². The molecule has 0 amide bonds. The van der Waals surface area contributed by atoms with Gasteiger partial charge in [-0.3, -0.25) is 0 Å². The van der Waals surface area contributed by atoms with Crippen LogP contribution in [0.2, 0.25) is 0 Å². The number of benzene rings is 3. The molecule has 31 heavy (non-hydrogen) atoms. The van der Waals surface area contributed by atoms with Crippen molar-refractivity contribution in [1.29, 1.82) is 0 Å². The van der Waals surface area contributed by atoms with Crippen molar-refractivity contribution in [2.45, 2.75) is 20.5 Å². The fourth-order valence-corrected chi connectivity index (χ4v) is 3.51. The molecule has 4 rings (SSSR count). The number of carboxylic acids is 1. The summed E-state index contributed by atoms with van der Waals surface area (Å²) in [6.07, 6.45) is 0. The number of rotatable bonds is 7. The minimum absolute atomic E-state index is 0.228. The summed E-state index contributed by atoms with van der Waals surface area (Å²) >= 11 is 0. The van der Waals surface area contributed by atoms with Gasteiger partial charge in [0, 0.05) is 10.9 Å². The Kier molecular flexibility index (Phi) is 5.85. The van der Waals surface area contributed by atoms with Crippen molar-refractivity contribution in [1.82, 2.24) is 4.98 Å². The average Bonchev–Trinajstić information content (AvgIpc) is 2.78. The maximum absolute atomic E-state index is 11.9. The van der Waals surface area contributed by atoms with E-state index in [1.807, 2.05) is 74.5 Å². The van der Waals surface area contributed by atoms with Crippen LogP contribution in [0.15, 0.2) is 72.8 Å². The van der Waals surface area contributed by atoms with E-state index < -0.39 is 5.97 Å². The van der Waals surface area contributed by atoms with Crippen LogP contribution in [0.1, 0.15) is 28.4 Å². The number of para-hydroxylation sites is 1. The van der Waals surface area contributed by atoms with E-state index >= 15 is 0 Å². The first-order valence-electron chi connectivity index (χ1n) is 10.1. The van der Waals surface area contributed by atoms with E-state index in [0.29, 0.717) is 41.3 Å². The second-order valence-corrected chi connectivity index (χ2v) is 7.20. The van der Waals surface area contributed by atoms with Crippen LogP contribution in [0.4, 0.5) is 0 Å². The van der Waals surface area contributed by atoms with Gasteiger partial charge in [-0.25, -0.2) is 9.78 Å². The number of carboxylic acid groups (broad SMARTS) is 1. The molecule has 1 heterocycles. The van der Waals surface area contributed by atoms with Gasteiger partial charge in [0.15, 0.2) is 11.5 Å². The van der Waals surface area contributed by atoms with Gasteiger partial charge in [0.25, 0.3) is 0 Å². The first-order valence-corrected chi connectivity index (χ1v) is 10.1. The van der Waals surface area contributed by atoms with Crippen LogP contribution in [0.25, 0.3) is 22.2 Å². The number of aromatic nitrogens is 1. The van der Waals surface area contributed by atoms with Crippen molar-refractivity contribution in [2.75, 3.05) is 6.61 Å². The highest BCUT2D eigenvalue weighted by Crippen LogP contribution is 2.34. The number of aromatic carboxylic acids is 1. The standard InChI is InChI=1S/C26H23NO4/c1-3-30-24-14-19(12-13-23(24)31-16-18-9-5-4-6-10-18)22-15-21(26(28)29)20-11-7-8-17(2)25(20)27-22/h4-15H,3,16H2,1-2H3,(H,28,29). The minimum Gasteiger partial charge on any atom is -0.490 e. The number of hydrogen-bond donors (Lipinski definition) is 1. The predicted molar refractivity (Wildman–Crippen MR) is 121 cm³/mol. The third-order valence-electron chi connectivity index (χ3n) is 5.05. The van der Waals surface area contributed by atoms with Crippen LogP contribution in [0, 0.1) is 6.92 Å². The Labute approximate surface area is 180 Å². The maximum atomic E-state index is 11.9. The Morgan fingerprint density at radius 2 is 1.74 bits per heavy atom. The zero-order valence-electron chi connectivity index (χ0n) is 17.5. The first kappa shape index (κ1) is 20.4. The summed E-state index contributed by atoms with van der Waals surface area (Å²) in [7, 11) is 0. The summed E-state index contributed by atoms with van der Waals surface area (Å²) in [5.74, 6) is 0.247. The molecule has 0 spiro atoms. The second kappa shape index (κ2) is 8.88. The van der Waals surface area contributed by atoms with Crippen LogP contribution in [0.3, 0.4) is 0 Å². The van der Waals surface area contributed by atoms with Crippen LogP contribution >= 0.6 is 0 Å². The highest BCUT2D eigenvalue weighted by Gasteiger charge is 2.16. The van der Waals surface area contributed by atoms with Gasteiger partial charge in [-0.1, -0.05) is 48.5 Å². The molecule has 0 bridgehead atoms. The lowest BCUT2D eigenvalue weighted by molar-refractivity contribution is 0.0699. The van der Waals surface area contributed by atoms with E-state index in [1.165, 1.54) is 0 Å². The lowest BCUT2D eigenvalue weighted by Gasteiger charge is -2.14. The highest BCUT2D eigenvalue weighted by atomic mass is 16.5. The molecule has 0 fully saturated rings. The topological polar surface area (TPSA) is 68.7 Å². The lowest BCUT2D eigenvalue weighted by Crippen LogP contribution is -2.02. The Morgan fingerprint density at radius 3 is 2.48 bits per heavy atom. The van der Waals surface area contributed by atoms with Gasteiger partial charge in [-0.05, 0) is 49.2 Å². The van der Waals surface area contributed by atoms with Crippen molar-refractivity contribution in [3.8, 4) is 22.8 Å². The molecule has 4 aromatic rings. The zero-order chi connectivity index (χ0) is 21.8. The number of nitrogens with zero attached hydrogens (tertiary/aromatic N) is 1. The molecule has 1 aromatic heterocycles. The Bertz CT molecular complexity index is 1240. The van der Waals surface area contributed by atoms with E-state index in [1.54, 1.807) is 12.1 Å². The van der Waals surface area contributed by atoms with Crippen LogP contribution < -0.4 is 9.47 Å². The van der Waals surface area contributed by atoms with E-state index in [-0.39, 0.29) is 5.56 Å². The molecule has 0 aliphatic carbocycles. The van der Waals surface area contributed by atoms with Crippen LogP contribution in [0.5, 0.6) is 11.5 Å². The molecule has 0 aliphatic rings. The molecular formula is C26H23NO4. The number of hydrogen-bond acceptors (Lipinski definition) is 4. The van der Waals surface area contributed by atoms with E-state index in [0.717, 1.165) is 16.7 Å². The molecule has 0 unspecified atom stereocenters. The number of pyridine rings is 1. The summed E-state index contributed by atoms with van der Waals surface area (Å²) in [5, 5.41) is 10.4. The van der Waals surface area contributed by atoms with E-state index in [9.17, 15) is 9.90 Å². The third-order valence-corrected chi connectivity index (χ3v) is 5.05. The van der Waals surface area contributed by atoms with Gasteiger partial charge in [0.1, 0.15) is 6.61 Å². The van der Waals surface area contributed by atoms with Crippen molar-refractivity contribution in [3.63, 3.8) is 0 Å². The summed E-state index contributed by atoms with van der Waals surface area (Å²) < 4.78 is 11.8. The molecule has 3 aromatic carbocycles. The van der Waals surface area contributed by atoms with Gasteiger partial charge in [0.05, 0.1) is 23.4 Å². The Balaban J connectivity index is 1.74. The lowest BCUT2D eigenvalue weighted by atomic mass is 10.0. The SMILES string of the molecule is CCOc1cc(-c2cc(C(=O)O)c3cccc(C)c3n2)ccc1OCc1ccccc1. The fraction of sp³-hybridized carbons (Fsp3) is 0.154. The van der Waals surface area contributed by atoms with Gasteiger partial charge >= 0.3 is 5.97 Å². The molecule has 0 atom stereocenters. The molecule has 0 saturated heterocycles. The molecule has 156 valence electrons. The van der Waals surface area contributed by atoms with E-state index in [4.69, 9.17) is 14.5 Å². The highest BCUT2D eigenvalue weighted by molar-refractivity contribution is 6.04. The number of carbonyl (C=O) groups is 1. The fourth-order valence-electron chi connectivity index (χ4n) is 3.51. The quantitative estimate of drug-likeness (QED) is 0.409. The maximum Gasteiger partial charge on any atom is 0.336 e. The number of aryl methyl sites for hydroxylation is 1. The van der Waals surface area contributed by atoms with Gasteiger partial charge in [-0.2, -0.15) is 0 Å².